The summed E-state index contributed by atoms with van der Waals surface area (Å²) in [5.41, 5.74) is 6.14. The number of aryl methyl sites for hydroxylation is 1. The number of hydrogen-bond donors (Lipinski definition) is 0. The van der Waals surface area contributed by atoms with Crippen LogP contribution in [-0.4, -0.2) is 4.57 Å². The molecule has 1 aliphatic carbocycles. The van der Waals surface area contributed by atoms with Gasteiger partial charge in [-0.2, -0.15) is 0 Å². The molecular weight excluding hydrogens is 266 g/mol. The second-order valence-corrected chi connectivity index (χ2v) is 6.57. The maximum Gasteiger partial charge on any atom is 0.0475 e. The standard InChI is InChI=1S/C21H27N/c1-3-5-10-18-13-19-15-20(9-4-2)22(21(19)14-18)16-17-11-7-6-8-12-17/h3,6-8,11-12,15,18H,1,4-5,9-10,13-14,16H2,2H3. The van der Waals surface area contributed by atoms with Gasteiger partial charge in [0.1, 0.15) is 0 Å². The van der Waals surface area contributed by atoms with Gasteiger partial charge in [-0.15, -0.1) is 6.58 Å². The van der Waals surface area contributed by atoms with Crippen molar-refractivity contribution < 1.29 is 0 Å². The summed E-state index contributed by atoms with van der Waals surface area (Å²) < 4.78 is 2.60. The second kappa shape index (κ2) is 7.00. The van der Waals surface area contributed by atoms with E-state index >= 15 is 0 Å². The molecule has 1 aliphatic rings. The van der Waals surface area contributed by atoms with Gasteiger partial charge < -0.3 is 4.57 Å². The molecule has 22 heavy (non-hydrogen) atoms. The van der Waals surface area contributed by atoms with E-state index in [1.54, 1.807) is 11.3 Å². The fourth-order valence-electron chi connectivity index (χ4n) is 3.77. The van der Waals surface area contributed by atoms with E-state index in [4.69, 9.17) is 0 Å². The lowest BCUT2D eigenvalue weighted by Crippen LogP contribution is -2.09. The van der Waals surface area contributed by atoms with Gasteiger partial charge in [-0.1, -0.05) is 49.8 Å². The molecule has 0 spiro atoms. The smallest absolute Gasteiger partial charge is 0.0475 e. The molecule has 0 bridgehead atoms. The zero-order chi connectivity index (χ0) is 15.4. The Balaban J connectivity index is 1.83. The molecule has 1 heteroatoms. The van der Waals surface area contributed by atoms with Gasteiger partial charge in [-0.05, 0) is 55.2 Å². The van der Waals surface area contributed by atoms with Gasteiger partial charge in [0.25, 0.3) is 0 Å². The molecule has 0 N–H and O–H groups in total. The topological polar surface area (TPSA) is 4.93 Å². The van der Waals surface area contributed by atoms with Crippen LogP contribution in [0.25, 0.3) is 0 Å². The van der Waals surface area contributed by atoms with E-state index in [1.165, 1.54) is 43.4 Å². The van der Waals surface area contributed by atoms with Crippen molar-refractivity contribution in [3.8, 4) is 0 Å². The molecule has 0 saturated heterocycles. The van der Waals surface area contributed by atoms with Crippen LogP contribution in [0.2, 0.25) is 0 Å². The number of benzene rings is 1. The third-order valence-electron chi connectivity index (χ3n) is 4.84. The van der Waals surface area contributed by atoms with Gasteiger partial charge in [0, 0.05) is 17.9 Å². The first-order valence-electron chi connectivity index (χ1n) is 8.66. The fraction of sp³-hybridized carbons (Fsp3) is 0.429. The minimum Gasteiger partial charge on any atom is -0.344 e. The van der Waals surface area contributed by atoms with Gasteiger partial charge in [0.15, 0.2) is 0 Å². The van der Waals surface area contributed by atoms with E-state index in [0.717, 1.165) is 18.9 Å². The summed E-state index contributed by atoms with van der Waals surface area (Å²) in [5.74, 6) is 0.820. The highest BCUT2D eigenvalue weighted by molar-refractivity contribution is 5.34. The maximum atomic E-state index is 3.87. The molecule has 0 aliphatic heterocycles. The normalized spacial score (nSPS) is 16.7. The van der Waals surface area contributed by atoms with Crippen LogP contribution in [0.1, 0.15) is 48.7 Å². The molecule has 1 nitrogen and oxygen atoms in total. The average molecular weight is 293 g/mol. The molecule has 0 radical (unpaired) electrons. The van der Waals surface area contributed by atoms with Crippen LogP contribution >= 0.6 is 0 Å². The molecule has 1 heterocycles. The summed E-state index contributed by atoms with van der Waals surface area (Å²) in [5, 5.41) is 0. The van der Waals surface area contributed by atoms with E-state index < -0.39 is 0 Å². The van der Waals surface area contributed by atoms with Crippen molar-refractivity contribution in [3.63, 3.8) is 0 Å². The summed E-state index contributed by atoms with van der Waals surface area (Å²) in [4.78, 5) is 0. The first-order chi connectivity index (χ1) is 10.8. The lowest BCUT2D eigenvalue weighted by molar-refractivity contribution is 0.506. The summed E-state index contributed by atoms with van der Waals surface area (Å²) in [6, 6.07) is 13.4. The van der Waals surface area contributed by atoms with Crippen molar-refractivity contribution in [1.82, 2.24) is 4.57 Å². The number of fused-ring (bicyclic) bond motifs is 1. The van der Waals surface area contributed by atoms with Crippen LogP contribution in [-0.2, 0) is 25.8 Å². The van der Waals surface area contributed by atoms with E-state index in [1.807, 2.05) is 0 Å². The quantitative estimate of drug-likeness (QED) is 0.621. The Morgan fingerprint density at radius 3 is 2.77 bits per heavy atom. The van der Waals surface area contributed by atoms with Crippen molar-refractivity contribution in [3.05, 3.63) is 71.6 Å². The molecule has 0 amide bonds. The SMILES string of the molecule is C=CCCC1Cc2cc(CCC)n(Cc3ccccc3)c2C1. The minimum absolute atomic E-state index is 0.820. The van der Waals surface area contributed by atoms with Gasteiger partial charge >= 0.3 is 0 Å². The molecule has 1 aromatic heterocycles. The zero-order valence-electron chi connectivity index (χ0n) is 13.7. The van der Waals surface area contributed by atoms with Crippen molar-refractivity contribution in [2.45, 2.75) is 52.0 Å². The van der Waals surface area contributed by atoms with E-state index in [-0.39, 0.29) is 0 Å². The molecule has 1 aromatic carbocycles. The van der Waals surface area contributed by atoms with Crippen LogP contribution in [0.15, 0.2) is 49.1 Å². The molecule has 0 saturated carbocycles. The Bertz CT molecular complexity index is 621. The molecule has 1 unspecified atom stereocenters. The van der Waals surface area contributed by atoms with Crippen molar-refractivity contribution in [1.29, 1.82) is 0 Å². The predicted molar refractivity (Wildman–Crippen MR) is 94.3 cm³/mol. The van der Waals surface area contributed by atoms with Crippen LogP contribution in [0, 0.1) is 5.92 Å². The lowest BCUT2D eigenvalue weighted by Gasteiger charge is -2.14. The molecule has 1 atom stereocenters. The van der Waals surface area contributed by atoms with Crippen molar-refractivity contribution in [2.75, 3.05) is 0 Å². The van der Waals surface area contributed by atoms with Gasteiger partial charge in [-0.3, -0.25) is 0 Å². The fourth-order valence-corrected chi connectivity index (χ4v) is 3.77. The summed E-state index contributed by atoms with van der Waals surface area (Å²) >= 11 is 0. The molecular formula is C21H27N. The number of allylic oxidation sites excluding steroid dienone is 1. The van der Waals surface area contributed by atoms with Gasteiger partial charge in [0.2, 0.25) is 0 Å². The Kier molecular flexibility index (Phi) is 4.82. The van der Waals surface area contributed by atoms with E-state index in [0.29, 0.717) is 0 Å². The predicted octanol–water partition coefficient (Wildman–Crippen LogP) is 5.17. The highest BCUT2D eigenvalue weighted by Gasteiger charge is 2.26. The largest absolute Gasteiger partial charge is 0.344 e. The highest BCUT2D eigenvalue weighted by atomic mass is 15.0. The monoisotopic (exact) mass is 293 g/mol. The molecule has 2 aromatic rings. The Labute approximate surface area is 134 Å². The third kappa shape index (κ3) is 3.19. The third-order valence-corrected chi connectivity index (χ3v) is 4.84. The molecule has 3 rings (SSSR count). The molecule has 116 valence electrons. The summed E-state index contributed by atoms with van der Waals surface area (Å²) in [6.45, 7) is 7.17. The number of nitrogens with zero attached hydrogens (tertiary/aromatic N) is 1. The van der Waals surface area contributed by atoms with Crippen LogP contribution in [0.3, 0.4) is 0 Å². The highest BCUT2D eigenvalue weighted by Crippen LogP contribution is 2.33. The summed E-state index contributed by atoms with van der Waals surface area (Å²) in [7, 11) is 0. The zero-order valence-corrected chi connectivity index (χ0v) is 13.7. The number of hydrogen-bond acceptors (Lipinski definition) is 0. The van der Waals surface area contributed by atoms with Crippen molar-refractivity contribution in [2.24, 2.45) is 5.92 Å². The second-order valence-electron chi connectivity index (χ2n) is 6.57. The average Bonchev–Trinajstić information content (AvgIpc) is 3.06. The van der Waals surface area contributed by atoms with Crippen LogP contribution in [0.5, 0.6) is 0 Å². The number of aromatic nitrogens is 1. The van der Waals surface area contributed by atoms with Gasteiger partial charge in [-0.25, -0.2) is 0 Å². The Morgan fingerprint density at radius 1 is 1.23 bits per heavy atom. The summed E-state index contributed by atoms with van der Waals surface area (Å²) in [6.07, 6.45) is 9.42. The van der Waals surface area contributed by atoms with Crippen LogP contribution in [0.4, 0.5) is 0 Å². The minimum atomic E-state index is 0.820. The maximum absolute atomic E-state index is 3.87. The number of rotatable bonds is 7. The molecule has 0 fully saturated rings. The Morgan fingerprint density at radius 2 is 2.05 bits per heavy atom. The van der Waals surface area contributed by atoms with E-state index in [2.05, 4.69) is 60.5 Å². The lowest BCUT2D eigenvalue weighted by atomic mass is 10.00. The Hall–Kier alpha value is -1.76. The first-order valence-corrected chi connectivity index (χ1v) is 8.66. The van der Waals surface area contributed by atoms with E-state index in [9.17, 15) is 0 Å². The van der Waals surface area contributed by atoms with Gasteiger partial charge in [0.05, 0.1) is 0 Å². The van der Waals surface area contributed by atoms with Crippen LogP contribution < -0.4 is 0 Å². The van der Waals surface area contributed by atoms with Crippen molar-refractivity contribution >= 4 is 0 Å². The first kappa shape index (κ1) is 15.1.